The lowest BCUT2D eigenvalue weighted by Crippen LogP contribution is -2.08. The Hall–Kier alpha value is -0.960. The Morgan fingerprint density at radius 1 is 1.38 bits per heavy atom. The van der Waals surface area contributed by atoms with Crippen LogP contribution in [0.5, 0.6) is 0 Å². The quantitative estimate of drug-likeness (QED) is 0.571. The molecule has 1 unspecified atom stereocenters. The number of hydrogen-bond acceptors (Lipinski definition) is 1. The molecule has 0 bridgehead atoms. The SMILES string of the molecule is CC1(C)CC1C(=O)c1cc(F)c(F)cc1Cl. The van der Waals surface area contributed by atoms with Gasteiger partial charge in [-0.3, -0.25) is 4.79 Å². The third-order valence-electron chi connectivity index (χ3n) is 3.11. The molecule has 1 atom stereocenters. The molecular formula is C12H11ClF2O. The molecule has 1 aromatic rings. The summed E-state index contributed by atoms with van der Waals surface area (Å²) in [6.45, 7) is 3.92. The van der Waals surface area contributed by atoms with Crippen molar-refractivity contribution in [1.29, 1.82) is 0 Å². The smallest absolute Gasteiger partial charge is 0.168 e. The van der Waals surface area contributed by atoms with E-state index in [-0.39, 0.29) is 27.7 Å². The van der Waals surface area contributed by atoms with Gasteiger partial charge in [0.05, 0.1) is 5.02 Å². The molecule has 0 aliphatic heterocycles. The van der Waals surface area contributed by atoms with Gasteiger partial charge in [0, 0.05) is 11.5 Å². The van der Waals surface area contributed by atoms with E-state index < -0.39 is 11.6 Å². The van der Waals surface area contributed by atoms with E-state index in [0.717, 1.165) is 18.6 Å². The van der Waals surface area contributed by atoms with E-state index in [0.29, 0.717) is 0 Å². The summed E-state index contributed by atoms with van der Waals surface area (Å²) in [7, 11) is 0. The predicted octanol–water partition coefficient (Wildman–Crippen LogP) is 3.85. The molecular weight excluding hydrogens is 234 g/mol. The molecule has 1 nitrogen and oxygen atoms in total. The lowest BCUT2D eigenvalue weighted by molar-refractivity contribution is 0.0953. The molecule has 1 aromatic carbocycles. The molecule has 0 amide bonds. The van der Waals surface area contributed by atoms with Crippen LogP contribution in [0.2, 0.25) is 5.02 Å². The van der Waals surface area contributed by atoms with E-state index in [2.05, 4.69) is 0 Å². The Morgan fingerprint density at radius 2 is 1.88 bits per heavy atom. The van der Waals surface area contributed by atoms with Gasteiger partial charge in [-0.25, -0.2) is 8.78 Å². The van der Waals surface area contributed by atoms with E-state index in [1.807, 2.05) is 13.8 Å². The second kappa shape index (κ2) is 3.52. The Morgan fingerprint density at radius 3 is 2.38 bits per heavy atom. The van der Waals surface area contributed by atoms with Crippen LogP contribution in [0.15, 0.2) is 12.1 Å². The van der Waals surface area contributed by atoms with Crippen LogP contribution in [0.4, 0.5) is 8.78 Å². The highest BCUT2D eigenvalue weighted by atomic mass is 35.5. The fourth-order valence-corrected chi connectivity index (χ4v) is 2.06. The number of carbonyl (C=O) groups excluding carboxylic acids is 1. The van der Waals surface area contributed by atoms with Crippen molar-refractivity contribution in [3.05, 3.63) is 34.4 Å². The van der Waals surface area contributed by atoms with Crippen molar-refractivity contribution in [3.63, 3.8) is 0 Å². The van der Waals surface area contributed by atoms with Crippen molar-refractivity contribution in [2.45, 2.75) is 20.3 Å². The number of halogens is 3. The minimum Gasteiger partial charge on any atom is -0.294 e. The normalized spacial score (nSPS) is 21.9. The first kappa shape index (κ1) is 11.5. The van der Waals surface area contributed by atoms with Crippen LogP contribution in [-0.2, 0) is 0 Å². The van der Waals surface area contributed by atoms with Crippen molar-refractivity contribution < 1.29 is 13.6 Å². The Bertz CT molecular complexity index is 468. The molecule has 1 aliphatic rings. The summed E-state index contributed by atoms with van der Waals surface area (Å²) in [5.41, 5.74) is 0.0294. The van der Waals surface area contributed by atoms with Gasteiger partial charge in [0.15, 0.2) is 17.4 Å². The molecule has 1 fully saturated rings. The Kier molecular flexibility index (Phi) is 2.54. The molecule has 2 rings (SSSR count). The highest BCUT2D eigenvalue weighted by molar-refractivity contribution is 6.34. The molecule has 1 aliphatic carbocycles. The van der Waals surface area contributed by atoms with Crippen LogP contribution >= 0.6 is 11.6 Å². The zero-order chi connectivity index (χ0) is 12.1. The molecule has 0 heterocycles. The van der Waals surface area contributed by atoms with Crippen molar-refractivity contribution >= 4 is 17.4 Å². The van der Waals surface area contributed by atoms with E-state index >= 15 is 0 Å². The lowest BCUT2D eigenvalue weighted by Gasteiger charge is -2.06. The largest absolute Gasteiger partial charge is 0.294 e. The second-order valence-corrected chi connectivity index (χ2v) is 5.26. The van der Waals surface area contributed by atoms with E-state index in [4.69, 9.17) is 11.6 Å². The van der Waals surface area contributed by atoms with Crippen LogP contribution in [0.3, 0.4) is 0 Å². The lowest BCUT2D eigenvalue weighted by atomic mass is 10.0. The standard InChI is InChI=1S/C12H11ClF2O/c1-12(2)5-7(12)11(16)6-3-9(14)10(15)4-8(6)13/h3-4,7H,5H2,1-2H3. The van der Waals surface area contributed by atoms with Crippen LogP contribution < -0.4 is 0 Å². The highest BCUT2D eigenvalue weighted by Crippen LogP contribution is 2.53. The number of rotatable bonds is 2. The molecule has 0 radical (unpaired) electrons. The number of ketones is 1. The molecule has 16 heavy (non-hydrogen) atoms. The van der Waals surface area contributed by atoms with Gasteiger partial charge in [0.2, 0.25) is 0 Å². The summed E-state index contributed by atoms with van der Waals surface area (Å²) in [5, 5.41) is -0.0217. The topological polar surface area (TPSA) is 17.1 Å². The summed E-state index contributed by atoms with van der Waals surface area (Å²) in [6, 6.07) is 1.73. The number of carbonyl (C=O) groups is 1. The third-order valence-corrected chi connectivity index (χ3v) is 3.42. The zero-order valence-corrected chi connectivity index (χ0v) is 9.74. The Labute approximate surface area is 97.4 Å². The summed E-state index contributed by atoms with van der Waals surface area (Å²) < 4.78 is 25.8. The summed E-state index contributed by atoms with van der Waals surface area (Å²) in [6.07, 6.45) is 0.765. The second-order valence-electron chi connectivity index (χ2n) is 4.86. The number of Topliss-reactive ketones (excluding diaryl/α,β-unsaturated/α-hetero) is 1. The molecule has 0 N–H and O–H groups in total. The summed E-state index contributed by atoms with van der Waals surface area (Å²) >= 11 is 5.73. The number of hydrogen-bond donors (Lipinski definition) is 0. The van der Waals surface area contributed by atoms with Gasteiger partial charge in [0.25, 0.3) is 0 Å². The average molecular weight is 245 g/mol. The fourth-order valence-electron chi connectivity index (χ4n) is 1.81. The van der Waals surface area contributed by atoms with E-state index in [1.165, 1.54) is 0 Å². The van der Waals surface area contributed by atoms with Gasteiger partial charge >= 0.3 is 0 Å². The van der Waals surface area contributed by atoms with Gasteiger partial charge in [-0.2, -0.15) is 0 Å². The molecule has 1 saturated carbocycles. The minimum absolute atomic E-state index is 0.0217. The first-order valence-electron chi connectivity index (χ1n) is 5.01. The van der Waals surface area contributed by atoms with Crippen LogP contribution in [0, 0.1) is 23.0 Å². The predicted molar refractivity (Wildman–Crippen MR) is 57.6 cm³/mol. The molecule has 0 saturated heterocycles. The zero-order valence-electron chi connectivity index (χ0n) is 8.98. The maximum Gasteiger partial charge on any atom is 0.168 e. The minimum atomic E-state index is -1.04. The molecule has 0 aromatic heterocycles. The van der Waals surface area contributed by atoms with Crippen LogP contribution in [0.1, 0.15) is 30.6 Å². The molecule has 4 heteroatoms. The summed E-state index contributed by atoms with van der Waals surface area (Å²) in [5.74, 6) is -2.40. The fraction of sp³-hybridized carbons (Fsp3) is 0.417. The third kappa shape index (κ3) is 1.84. The van der Waals surface area contributed by atoms with Gasteiger partial charge in [-0.1, -0.05) is 25.4 Å². The maximum atomic E-state index is 13.0. The molecule has 86 valence electrons. The number of benzene rings is 1. The first-order valence-corrected chi connectivity index (χ1v) is 5.39. The maximum absolute atomic E-state index is 13.0. The van der Waals surface area contributed by atoms with Gasteiger partial charge in [-0.05, 0) is 24.0 Å². The average Bonchev–Trinajstić information content (AvgIpc) is 2.80. The van der Waals surface area contributed by atoms with Crippen molar-refractivity contribution in [2.75, 3.05) is 0 Å². The van der Waals surface area contributed by atoms with Crippen molar-refractivity contribution in [1.82, 2.24) is 0 Å². The van der Waals surface area contributed by atoms with Crippen LogP contribution in [-0.4, -0.2) is 5.78 Å². The van der Waals surface area contributed by atoms with Crippen molar-refractivity contribution in [3.8, 4) is 0 Å². The van der Waals surface area contributed by atoms with Gasteiger partial charge < -0.3 is 0 Å². The highest BCUT2D eigenvalue weighted by Gasteiger charge is 2.50. The van der Waals surface area contributed by atoms with E-state index in [1.54, 1.807) is 0 Å². The van der Waals surface area contributed by atoms with Crippen LogP contribution in [0.25, 0.3) is 0 Å². The van der Waals surface area contributed by atoms with E-state index in [9.17, 15) is 13.6 Å². The van der Waals surface area contributed by atoms with Gasteiger partial charge in [0.1, 0.15) is 0 Å². The molecule has 0 spiro atoms. The van der Waals surface area contributed by atoms with Crippen molar-refractivity contribution in [2.24, 2.45) is 11.3 Å². The first-order chi connectivity index (χ1) is 7.33. The van der Waals surface area contributed by atoms with Gasteiger partial charge in [-0.15, -0.1) is 0 Å². The Balaban J connectivity index is 2.35. The summed E-state index contributed by atoms with van der Waals surface area (Å²) in [4.78, 5) is 11.9. The monoisotopic (exact) mass is 244 g/mol.